The fourth-order valence-corrected chi connectivity index (χ4v) is 2.45. The molecule has 2 rings (SSSR count). The lowest BCUT2D eigenvalue weighted by atomic mass is 10.1. The second-order valence-electron chi connectivity index (χ2n) is 4.06. The molecule has 1 aromatic heterocycles. The highest BCUT2D eigenvalue weighted by Gasteiger charge is 2.04. The monoisotopic (exact) mass is 298 g/mol. The van der Waals surface area contributed by atoms with Gasteiger partial charge in [-0.25, -0.2) is 8.42 Å². The first-order valence-electron chi connectivity index (χ1n) is 5.54. The minimum absolute atomic E-state index is 0.468. The quantitative estimate of drug-likeness (QED) is 0.501. The van der Waals surface area contributed by atoms with Crippen LogP contribution in [0.2, 0.25) is 0 Å². The van der Waals surface area contributed by atoms with Crippen molar-refractivity contribution in [2.45, 2.75) is 25.7 Å². The average Bonchev–Trinajstić information content (AvgIpc) is 2.80. The number of benzene rings is 1. The molecular formula is C11H14N4O4S. The van der Waals surface area contributed by atoms with Crippen LogP contribution in [0.25, 0.3) is 0 Å². The number of nitro groups is 1. The molecule has 1 aromatic carbocycles. The van der Waals surface area contributed by atoms with Crippen molar-refractivity contribution in [3.8, 4) is 0 Å². The molecule has 0 spiro atoms. The van der Waals surface area contributed by atoms with Gasteiger partial charge >= 0.3 is 0 Å². The molecule has 9 heteroatoms. The van der Waals surface area contributed by atoms with Crippen molar-refractivity contribution in [1.82, 2.24) is 14.9 Å². The Morgan fingerprint density at radius 1 is 1.20 bits per heavy atom. The van der Waals surface area contributed by atoms with Gasteiger partial charge in [0.25, 0.3) is 6.33 Å². The van der Waals surface area contributed by atoms with Crippen molar-refractivity contribution < 1.29 is 13.5 Å². The maximum Gasteiger partial charge on any atom is 0.258 e. The van der Waals surface area contributed by atoms with E-state index in [1.165, 1.54) is 0 Å². The van der Waals surface area contributed by atoms with Gasteiger partial charge in [-0.05, 0) is 31.9 Å². The Balaban J connectivity index is 0.000000217. The van der Waals surface area contributed by atoms with Gasteiger partial charge in [0.2, 0.25) is 0 Å². The molecule has 8 nitrogen and oxygen atoms in total. The number of hydrogen-bond donors (Lipinski definition) is 1. The van der Waals surface area contributed by atoms with Crippen LogP contribution >= 0.6 is 0 Å². The van der Waals surface area contributed by atoms with Crippen molar-refractivity contribution in [3.05, 3.63) is 51.6 Å². The number of hydrogen-bond acceptors (Lipinski definition) is 6. The van der Waals surface area contributed by atoms with Gasteiger partial charge in [0.05, 0.1) is 15.0 Å². The van der Waals surface area contributed by atoms with E-state index in [0.717, 1.165) is 29.3 Å². The van der Waals surface area contributed by atoms with Crippen molar-refractivity contribution in [2.75, 3.05) is 0 Å². The van der Waals surface area contributed by atoms with Crippen LogP contribution in [0.4, 0.5) is 0 Å². The smallest absolute Gasteiger partial charge is 0.258 e. The van der Waals surface area contributed by atoms with Gasteiger partial charge in [-0.1, -0.05) is 17.7 Å². The molecule has 0 amide bonds. The van der Waals surface area contributed by atoms with E-state index in [0.29, 0.717) is 9.69 Å². The molecule has 0 N–H and O–H groups in total. The van der Waals surface area contributed by atoms with Gasteiger partial charge in [0, 0.05) is 4.79 Å². The SMILES string of the molecule is Cc1cc(C)c([SH](=O)=O)c(C)c1.O=[N+]([O-])n1cncn1. The number of nitrogens with zero attached hydrogens (tertiary/aromatic N) is 4. The van der Waals surface area contributed by atoms with E-state index in [1.807, 2.05) is 32.9 Å². The van der Waals surface area contributed by atoms with E-state index in [4.69, 9.17) is 0 Å². The molecular weight excluding hydrogens is 284 g/mol. The van der Waals surface area contributed by atoms with Crippen molar-refractivity contribution in [3.63, 3.8) is 0 Å². The van der Waals surface area contributed by atoms with Gasteiger partial charge in [-0.2, -0.15) is 4.98 Å². The number of thiol groups is 1. The largest absolute Gasteiger partial charge is 0.339 e. The standard InChI is InChI=1S/C9H12O2S.C2H2N4O2/c1-6-4-7(2)9(12(10)11)8(3)5-6;7-6(8)5-2-3-1-4-5/h4-5,12H,1-3H3;1-2H. The summed E-state index contributed by atoms with van der Waals surface area (Å²) < 4.78 is 21.6. The third-order valence-electron chi connectivity index (χ3n) is 2.39. The molecule has 0 atom stereocenters. The molecule has 0 fully saturated rings. The molecule has 0 unspecified atom stereocenters. The maximum absolute atomic E-state index is 10.8. The Bertz CT molecular complexity index is 649. The van der Waals surface area contributed by atoms with Gasteiger partial charge in [0.1, 0.15) is 0 Å². The summed E-state index contributed by atoms with van der Waals surface area (Å²) in [5.41, 5.74) is 2.78. The van der Waals surface area contributed by atoms with Crippen LogP contribution in [0.5, 0.6) is 0 Å². The van der Waals surface area contributed by atoms with Crippen LogP contribution in [0.3, 0.4) is 0 Å². The zero-order valence-electron chi connectivity index (χ0n) is 11.2. The van der Waals surface area contributed by atoms with Gasteiger partial charge in [-0.15, -0.1) is 0 Å². The van der Waals surface area contributed by atoms with E-state index < -0.39 is 15.7 Å². The zero-order valence-corrected chi connectivity index (χ0v) is 12.1. The Hall–Kier alpha value is -2.29. The predicted octanol–water partition coefficient (Wildman–Crippen LogP) is 0.900. The summed E-state index contributed by atoms with van der Waals surface area (Å²) in [6, 6.07) is 3.76. The predicted molar refractivity (Wildman–Crippen MR) is 71.6 cm³/mol. The summed E-state index contributed by atoms with van der Waals surface area (Å²) in [6.07, 6.45) is 2.11. The van der Waals surface area contributed by atoms with Crippen LogP contribution in [-0.4, -0.2) is 28.3 Å². The highest BCUT2D eigenvalue weighted by atomic mass is 32.2. The highest BCUT2D eigenvalue weighted by molar-refractivity contribution is 7.72. The summed E-state index contributed by atoms with van der Waals surface area (Å²) in [6.45, 7) is 5.60. The van der Waals surface area contributed by atoms with Crippen LogP contribution in [0.15, 0.2) is 29.7 Å². The molecule has 0 aliphatic rings. The topological polar surface area (TPSA) is 108 Å². The number of aryl methyl sites for hydroxylation is 3. The highest BCUT2D eigenvalue weighted by Crippen LogP contribution is 2.16. The van der Waals surface area contributed by atoms with Crippen molar-refractivity contribution in [1.29, 1.82) is 0 Å². The van der Waals surface area contributed by atoms with Crippen LogP contribution in [0.1, 0.15) is 16.7 Å². The molecule has 0 saturated heterocycles. The Morgan fingerprint density at radius 2 is 1.75 bits per heavy atom. The Labute approximate surface area is 117 Å². The van der Waals surface area contributed by atoms with Crippen molar-refractivity contribution in [2.24, 2.45) is 0 Å². The van der Waals surface area contributed by atoms with Gasteiger partial charge in [0.15, 0.2) is 17.0 Å². The first kappa shape index (κ1) is 15.8. The van der Waals surface area contributed by atoms with Crippen LogP contribution in [-0.2, 0) is 10.7 Å². The van der Waals surface area contributed by atoms with Gasteiger partial charge in [-0.3, -0.25) is 0 Å². The van der Waals surface area contributed by atoms with E-state index in [2.05, 4.69) is 10.1 Å². The summed E-state index contributed by atoms with van der Waals surface area (Å²) in [5, 5.41) is 12.3. The summed E-state index contributed by atoms with van der Waals surface area (Å²) >= 11 is 0. The molecule has 20 heavy (non-hydrogen) atoms. The fraction of sp³-hybridized carbons (Fsp3) is 0.273. The second kappa shape index (κ2) is 6.75. The zero-order chi connectivity index (χ0) is 15.3. The molecule has 0 radical (unpaired) electrons. The molecule has 108 valence electrons. The maximum atomic E-state index is 10.8. The van der Waals surface area contributed by atoms with E-state index in [-0.39, 0.29) is 0 Å². The molecule has 2 aromatic rings. The normalized spacial score (nSPS) is 10.0. The molecule has 0 aliphatic heterocycles. The minimum atomic E-state index is -2.45. The van der Waals surface area contributed by atoms with E-state index >= 15 is 0 Å². The fourth-order valence-electron chi connectivity index (χ4n) is 1.75. The lowest BCUT2D eigenvalue weighted by molar-refractivity contribution is -0.553. The molecule has 0 saturated carbocycles. The van der Waals surface area contributed by atoms with Gasteiger partial charge < -0.3 is 10.1 Å². The first-order chi connectivity index (χ1) is 9.32. The third-order valence-corrected chi connectivity index (χ3v) is 3.46. The summed E-state index contributed by atoms with van der Waals surface area (Å²) in [5.74, 6) is 0. The van der Waals surface area contributed by atoms with Crippen LogP contribution in [0, 0.1) is 30.9 Å². The summed E-state index contributed by atoms with van der Waals surface area (Å²) in [4.78, 5) is 14.1. The Morgan fingerprint density at radius 3 is 2.05 bits per heavy atom. The first-order valence-corrected chi connectivity index (χ1v) is 6.72. The van der Waals surface area contributed by atoms with E-state index in [9.17, 15) is 18.5 Å². The minimum Gasteiger partial charge on any atom is -0.339 e. The number of rotatable bonds is 2. The molecule has 0 aliphatic carbocycles. The lowest BCUT2D eigenvalue weighted by Gasteiger charge is -2.03. The second-order valence-corrected chi connectivity index (χ2v) is 5.02. The van der Waals surface area contributed by atoms with Crippen LogP contribution < -0.4 is 0 Å². The molecule has 0 bridgehead atoms. The van der Waals surface area contributed by atoms with Crippen molar-refractivity contribution >= 4 is 10.7 Å². The number of aromatic nitrogens is 3. The van der Waals surface area contributed by atoms with E-state index in [1.54, 1.807) is 0 Å². The Kier molecular flexibility index (Phi) is 5.32. The lowest BCUT2D eigenvalue weighted by Crippen LogP contribution is -2.07. The molecule has 1 heterocycles. The average molecular weight is 298 g/mol. The third kappa shape index (κ3) is 4.12. The summed E-state index contributed by atoms with van der Waals surface area (Å²) in [7, 11) is -2.45.